The average molecular weight is 332 g/mol. The first-order valence-electron chi connectivity index (χ1n) is 7.84. The third kappa shape index (κ3) is 3.53. The first-order chi connectivity index (χ1) is 12.4. The van der Waals surface area contributed by atoms with Gasteiger partial charge in [0.05, 0.1) is 0 Å². The number of aromatic nitrogens is 4. The van der Waals surface area contributed by atoms with Crippen molar-refractivity contribution >= 4 is 0 Å². The Morgan fingerprint density at radius 2 is 1.08 bits per heavy atom. The Balaban J connectivity index is 1.31. The van der Waals surface area contributed by atoms with Crippen LogP contribution in [0.2, 0.25) is 0 Å². The van der Waals surface area contributed by atoms with Gasteiger partial charge in [0.15, 0.2) is 0 Å². The Hall–Kier alpha value is -3.54. The van der Waals surface area contributed by atoms with Gasteiger partial charge in [-0.25, -0.2) is 9.97 Å². The molecule has 0 radical (unpaired) electrons. The minimum Gasteiger partial charge on any atom is -0.458 e. The van der Waals surface area contributed by atoms with E-state index in [0.29, 0.717) is 0 Å². The van der Waals surface area contributed by atoms with Crippen molar-refractivity contribution < 1.29 is 9.47 Å². The minimum absolute atomic E-state index is 0.139. The Labute approximate surface area is 144 Å². The molecule has 4 aromatic rings. The van der Waals surface area contributed by atoms with Crippen molar-refractivity contribution in [2.45, 2.75) is 0 Å². The van der Waals surface area contributed by atoms with E-state index in [4.69, 9.17) is 9.47 Å². The molecule has 4 rings (SSSR count). The third-order valence-corrected chi connectivity index (χ3v) is 3.70. The molecule has 0 aliphatic carbocycles. The molecule has 0 atom stereocenters. The number of H-pyrrole nitrogens is 2. The molecule has 0 amide bonds. The topological polar surface area (TPSA) is 75.8 Å². The van der Waals surface area contributed by atoms with E-state index < -0.39 is 0 Å². The molecule has 124 valence electrons. The van der Waals surface area contributed by atoms with Crippen LogP contribution in [0.5, 0.6) is 11.5 Å². The SMILES string of the molecule is c1c[nH]c(-c2ccc(OCOc3ccc(-c4ncc[nH]4)cc3)cc2)n1. The first kappa shape index (κ1) is 15.0. The van der Waals surface area contributed by atoms with E-state index in [1.54, 1.807) is 24.8 Å². The fourth-order valence-corrected chi connectivity index (χ4v) is 2.43. The zero-order valence-electron chi connectivity index (χ0n) is 13.3. The van der Waals surface area contributed by atoms with Crippen molar-refractivity contribution in [2.24, 2.45) is 0 Å². The minimum atomic E-state index is 0.139. The molecule has 2 aromatic carbocycles. The van der Waals surface area contributed by atoms with E-state index in [0.717, 1.165) is 34.3 Å². The Bertz CT molecular complexity index is 821. The molecule has 0 unspecified atom stereocenters. The monoisotopic (exact) mass is 332 g/mol. The fraction of sp³-hybridized carbons (Fsp3) is 0.0526. The maximum Gasteiger partial charge on any atom is 0.230 e. The highest BCUT2D eigenvalue weighted by Crippen LogP contribution is 2.21. The molecule has 0 saturated heterocycles. The van der Waals surface area contributed by atoms with Crippen LogP contribution in [0.4, 0.5) is 0 Å². The van der Waals surface area contributed by atoms with E-state index in [-0.39, 0.29) is 6.79 Å². The predicted molar refractivity (Wildman–Crippen MR) is 94.2 cm³/mol. The number of hydrogen-bond acceptors (Lipinski definition) is 4. The van der Waals surface area contributed by atoms with Crippen LogP contribution in [0.25, 0.3) is 22.8 Å². The van der Waals surface area contributed by atoms with Crippen molar-refractivity contribution in [3.8, 4) is 34.3 Å². The average Bonchev–Trinajstić information content (AvgIpc) is 3.37. The summed E-state index contributed by atoms with van der Waals surface area (Å²) in [5.41, 5.74) is 2.01. The lowest BCUT2D eigenvalue weighted by Gasteiger charge is -2.09. The fourth-order valence-electron chi connectivity index (χ4n) is 2.43. The Kier molecular flexibility index (Phi) is 4.16. The van der Waals surface area contributed by atoms with E-state index in [2.05, 4.69) is 19.9 Å². The number of aromatic amines is 2. The Morgan fingerprint density at radius 1 is 0.640 bits per heavy atom. The van der Waals surface area contributed by atoms with Crippen LogP contribution in [0, 0.1) is 0 Å². The normalized spacial score (nSPS) is 10.6. The van der Waals surface area contributed by atoms with Gasteiger partial charge in [-0.15, -0.1) is 0 Å². The van der Waals surface area contributed by atoms with E-state index in [1.807, 2.05) is 48.5 Å². The van der Waals surface area contributed by atoms with Crippen LogP contribution in [0.3, 0.4) is 0 Å². The summed E-state index contributed by atoms with van der Waals surface area (Å²) in [5, 5.41) is 0. The molecule has 0 spiro atoms. The zero-order valence-corrected chi connectivity index (χ0v) is 13.3. The highest BCUT2D eigenvalue weighted by Gasteiger charge is 2.02. The smallest absolute Gasteiger partial charge is 0.230 e. The van der Waals surface area contributed by atoms with Crippen LogP contribution in [-0.4, -0.2) is 26.7 Å². The number of hydrogen-bond donors (Lipinski definition) is 2. The van der Waals surface area contributed by atoms with Crippen molar-refractivity contribution in [2.75, 3.05) is 6.79 Å². The van der Waals surface area contributed by atoms with Crippen LogP contribution < -0.4 is 9.47 Å². The number of nitrogens with one attached hydrogen (secondary N) is 2. The number of benzene rings is 2. The second-order valence-electron chi connectivity index (χ2n) is 5.33. The lowest BCUT2D eigenvalue weighted by atomic mass is 10.2. The van der Waals surface area contributed by atoms with Gasteiger partial charge in [0.2, 0.25) is 6.79 Å². The summed E-state index contributed by atoms with van der Waals surface area (Å²) in [4.78, 5) is 14.6. The van der Waals surface area contributed by atoms with Gasteiger partial charge in [-0.3, -0.25) is 0 Å². The van der Waals surface area contributed by atoms with Crippen LogP contribution in [-0.2, 0) is 0 Å². The van der Waals surface area contributed by atoms with E-state index in [1.165, 1.54) is 0 Å². The maximum absolute atomic E-state index is 5.61. The molecule has 0 bridgehead atoms. The lowest BCUT2D eigenvalue weighted by Crippen LogP contribution is -2.05. The largest absolute Gasteiger partial charge is 0.458 e. The van der Waals surface area contributed by atoms with Gasteiger partial charge in [-0.05, 0) is 48.5 Å². The van der Waals surface area contributed by atoms with Crippen molar-refractivity contribution in [1.82, 2.24) is 19.9 Å². The van der Waals surface area contributed by atoms with Gasteiger partial charge < -0.3 is 19.4 Å². The molecule has 2 heterocycles. The lowest BCUT2D eigenvalue weighted by molar-refractivity contribution is 0.120. The summed E-state index contributed by atoms with van der Waals surface area (Å²) in [6.45, 7) is 0.139. The number of nitrogens with zero attached hydrogens (tertiary/aromatic N) is 2. The van der Waals surface area contributed by atoms with Gasteiger partial charge in [-0.2, -0.15) is 0 Å². The number of ether oxygens (including phenoxy) is 2. The molecular formula is C19H16N4O2. The number of rotatable bonds is 6. The molecule has 0 saturated carbocycles. The molecule has 6 heteroatoms. The highest BCUT2D eigenvalue weighted by atomic mass is 16.7. The summed E-state index contributed by atoms with van der Waals surface area (Å²) in [5.74, 6) is 3.14. The quantitative estimate of drug-likeness (QED) is 0.525. The maximum atomic E-state index is 5.61. The zero-order chi connectivity index (χ0) is 16.9. The second-order valence-corrected chi connectivity index (χ2v) is 5.33. The van der Waals surface area contributed by atoms with Crippen LogP contribution >= 0.6 is 0 Å². The predicted octanol–water partition coefficient (Wildman–Crippen LogP) is 3.88. The second kappa shape index (κ2) is 6.92. The molecule has 0 aliphatic rings. The molecule has 25 heavy (non-hydrogen) atoms. The van der Waals surface area contributed by atoms with Gasteiger partial charge in [0, 0.05) is 35.9 Å². The third-order valence-electron chi connectivity index (χ3n) is 3.70. The first-order valence-corrected chi connectivity index (χ1v) is 7.84. The van der Waals surface area contributed by atoms with Crippen molar-refractivity contribution in [3.63, 3.8) is 0 Å². The van der Waals surface area contributed by atoms with Crippen LogP contribution in [0.1, 0.15) is 0 Å². The van der Waals surface area contributed by atoms with Gasteiger partial charge in [0.25, 0.3) is 0 Å². The molecule has 2 aromatic heterocycles. The van der Waals surface area contributed by atoms with Gasteiger partial charge in [0.1, 0.15) is 23.1 Å². The summed E-state index contributed by atoms with van der Waals surface area (Å²) in [7, 11) is 0. The standard InChI is InChI=1S/C19H16N4O2/c1-5-16(6-2-14(1)18-20-9-10-21-18)24-13-25-17-7-3-15(4-8-17)19-22-11-12-23-19/h1-12H,13H2,(H,20,21)(H,22,23). The van der Waals surface area contributed by atoms with E-state index >= 15 is 0 Å². The Morgan fingerprint density at radius 3 is 1.44 bits per heavy atom. The number of imidazole rings is 2. The summed E-state index contributed by atoms with van der Waals surface area (Å²) >= 11 is 0. The van der Waals surface area contributed by atoms with Crippen LogP contribution in [0.15, 0.2) is 73.3 Å². The van der Waals surface area contributed by atoms with Crippen molar-refractivity contribution in [1.29, 1.82) is 0 Å². The van der Waals surface area contributed by atoms with Gasteiger partial charge >= 0.3 is 0 Å². The van der Waals surface area contributed by atoms with Crippen molar-refractivity contribution in [3.05, 3.63) is 73.3 Å². The molecule has 2 N–H and O–H groups in total. The molecule has 0 aliphatic heterocycles. The van der Waals surface area contributed by atoms with Gasteiger partial charge in [-0.1, -0.05) is 0 Å². The molecule has 6 nitrogen and oxygen atoms in total. The molecule has 0 fully saturated rings. The van der Waals surface area contributed by atoms with E-state index in [9.17, 15) is 0 Å². The highest BCUT2D eigenvalue weighted by molar-refractivity contribution is 5.56. The summed E-state index contributed by atoms with van der Waals surface area (Å²) < 4.78 is 11.2. The molecular weight excluding hydrogens is 316 g/mol. The summed E-state index contributed by atoms with van der Waals surface area (Å²) in [6, 6.07) is 15.4. The summed E-state index contributed by atoms with van der Waals surface area (Å²) in [6.07, 6.45) is 7.05.